The highest BCUT2D eigenvalue weighted by Gasteiger charge is 2.12. The molecule has 0 aliphatic carbocycles. The van der Waals surface area contributed by atoms with Crippen molar-refractivity contribution in [2.45, 2.75) is 13.8 Å². The third-order valence-electron chi connectivity index (χ3n) is 2.55. The van der Waals surface area contributed by atoms with Gasteiger partial charge in [0.2, 0.25) is 0 Å². The van der Waals surface area contributed by atoms with Gasteiger partial charge in [0.25, 0.3) is 0 Å². The third-order valence-corrected chi connectivity index (χ3v) is 3.67. The molecule has 1 aromatic heterocycles. The fourth-order valence-corrected chi connectivity index (χ4v) is 2.48. The third kappa shape index (κ3) is 1.88. The molecule has 16 heavy (non-hydrogen) atoms. The van der Waals surface area contributed by atoms with E-state index in [1.165, 1.54) is 16.9 Å². The van der Waals surface area contributed by atoms with Crippen molar-refractivity contribution in [2.75, 3.05) is 7.11 Å². The van der Waals surface area contributed by atoms with E-state index in [1.807, 2.05) is 13.0 Å². The van der Waals surface area contributed by atoms with Gasteiger partial charge >= 0.3 is 0 Å². The van der Waals surface area contributed by atoms with Gasteiger partial charge < -0.3 is 4.74 Å². The summed E-state index contributed by atoms with van der Waals surface area (Å²) in [7, 11) is 1.68. The largest absolute Gasteiger partial charge is 0.496 e. The zero-order chi connectivity index (χ0) is 11.7. The molecule has 5 heteroatoms. The maximum Gasteiger partial charge on any atom is 0.176 e. The summed E-state index contributed by atoms with van der Waals surface area (Å²) in [6.45, 7) is 4.11. The number of aromatic nitrogens is 2. The van der Waals surface area contributed by atoms with E-state index in [-0.39, 0.29) is 0 Å². The Bertz CT molecular complexity index is 572. The van der Waals surface area contributed by atoms with Gasteiger partial charge in [0.15, 0.2) is 3.95 Å². The van der Waals surface area contributed by atoms with Crippen LogP contribution in [0.5, 0.6) is 5.75 Å². The van der Waals surface area contributed by atoms with E-state index in [2.05, 4.69) is 23.2 Å². The van der Waals surface area contributed by atoms with Crippen LogP contribution in [0.15, 0.2) is 12.1 Å². The van der Waals surface area contributed by atoms with E-state index in [9.17, 15) is 0 Å². The number of H-pyrrole nitrogens is 1. The second-order valence-electron chi connectivity index (χ2n) is 3.51. The fourth-order valence-electron chi connectivity index (χ4n) is 1.57. The number of ether oxygens (including phenoxy) is 1. The van der Waals surface area contributed by atoms with Crippen LogP contribution < -0.4 is 4.74 Å². The highest BCUT2D eigenvalue weighted by atomic mass is 32.1. The highest BCUT2D eigenvalue weighted by Crippen LogP contribution is 2.35. The summed E-state index contributed by atoms with van der Waals surface area (Å²) in [5, 5.41) is 7.82. The molecular weight excluding hydrogens is 240 g/mol. The minimum absolute atomic E-state index is 0.676. The maximum absolute atomic E-state index is 5.44. The molecule has 0 aliphatic rings. The van der Waals surface area contributed by atoms with Crippen molar-refractivity contribution in [3.8, 4) is 16.3 Å². The van der Waals surface area contributed by atoms with Crippen LogP contribution in [0.2, 0.25) is 0 Å². The summed E-state index contributed by atoms with van der Waals surface area (Å²) in [4.78, 5) is 0. The average molecular weight is 252 g/mol. The Kier molecular flexibility index (Phi) is 3.07. The second kappa shape index (κ2) is 4.35. The lowest BCUT2D eigenvalue weighted by Crippen LogP contribution is -1.93. The molecular formula is C11H12N2OS2. The number of aryl methyl sites for hydroxylation is 1. The van der Waals surface area contributed by atoms with Crippen molar-refractivity contribution in [1.29, 1.82) is 0 Å². The molecule has 2 rings (SSSR count). The predicted molar refractivity (Wildman–Crippen MR) is 68.8 cm³/mol. The van der Waals surface area contributed by atoms with Gasteiger partial charge in [0, 0.05) is 0 Å². The molecule has 1 aromatic carbocycles. The normalized spacial score (nSPS) is 10.4. The first-order valence-corrected chi connectivity index (χ1v) is 6.06. The summed E-state index contributed by atoms with van der Waals surface area (Å²) in [5.41, 5.74) is 3.34. The molecule has 3 nitrogen and oxygen atoms in total. The lowest BCUT2D eigenvalue weighted by Gasteiger charge is -2.11. The van der Waals surface area contributed by atoms with Crippen molar-refractivity contribution in [1.82, 2.24) is 10.2 Å². The van der Waals surface area contributed by atoms with Crippen molar-refractivity contribution in [3.63, 3.8) is 0 Å². The topological polar surface area (TPSA) is 37.9 Å². The Hall–Kier alpha value is -1.20. The summed E-state index contributed by atoms with van der Waals surface area (Å²) in [6.07, 6.45) is 0. The summed E-state index contributed by atoms with van der Waals surface area (Å²) in [5.74, 6) is 0.873. The predicted octanol–water partition coefficient (Wildman–Crippen LogP) is 3.49. The van der Waals surface area contributed by atoms with E-state index in [0.717, 1.165) is 21.9 Å². The molecule has 0 fully saturated rings. The number of hydrogen-bond acceptors (Lipinski definition) is 4. The van der Waals surface area contributed by atoms with E-state index in [0.29, 0.717) is 3.95 Å². The number of rotatable bonds is 2. The lowest BCUT2D eigenvalue weighted by molar-refractivity contribution is 0.413. The van der Waals surface area contributed by atoms with Crippen LogP contribution in [0, 0.1) is 17.8 Å². The van der Waals surface area contributed by atoms with Crippen LogP contribution in [0.25, 0.3) is 10.6 Å². The molecule has 1 N–H and O–H groups in total. The van der Waals surface area contributed by atoms with Crippen LogP contribution in [-0.2, 0) is 0 Å². The average Bonchev–Trinajstić information content (AvgIpc) is 2.68. The molecule has 0 bridgehead atoms. The van der Waals surface area contributed by atoms with Crippen molar-refractivity contribution in [2.24, 2.45) is 0 Å². The molecule has 0 radical (unpaired) electrons. The summed E-state index contributed by atoms with van der Waals surface area (Å²) >= 11 is 6.48. The standard InChI is InChI=1S/C11H12N2OS2/c1-6-4-5-8(9(14-3)7(6)2)10-12-13-11(15)16-10/h4-5H,1-3H3,(H,13,15). The molecule has 1 heterocycles. The van der Waals surface area contributed by atoms with E-state index in [1.54, 1.807) is 7.11 Å². The Morgan fingerprint density at radius 3 is 2.69 bits per heavy atom. The van der Waals surface area contributed by atoms with E-state index in [4.69, 9.17) is 17.0 Å². The first-order valence-electron chi connectivity index (χ1n) is 4.83. The van der Waals surface area contributed by atoms with Gasteiger partial charge in [-0.1, -0.05) is 17.4 Å². The first kappa shape index (κ1) is 11.3. The van der Waals surface area contributed by atoms with Crippen LogP contribution >= 0.6 is 23.6 Å². The van der Waals surface area contributed by atoms with Gasteiger partial charge in [-0.2, -0.15) is 5.10 Å². The van der Waals surface area contributed by atoms with Crippen LogP contribution in [-0.4, -0.2) is 17.3 Å². The molecule has 0 saturated heterocycles. The van der Waals surface area contributed by atoms with Gasteiger partial charge in [0.05, 0.1) is 12.7 Å². The number of aromatic amines is 1. The van der Waals surface area contributed by atoms with E-state index >= 15 is 0 Å². The summed E-state index contributed by atoms with van der Waals surface area (Å²) in [6, 6.07) is 4.08. The Morgan fingerprint density at radius 1 is 1.38 bits per heavy atom. The molecule has 0 saturated carbocycles. The minimum atomic E-state index is 0.676. The summed E-state index contributed by atoms with van der Waals surface area (Å²) < 4.78 is 6.12. The van der Waals surface area contributed by atoms with Gasteiger partial charge in [-0.3, -0.25) is 5.10 Å². The lowest BCUT2D eigenvalue weighted by atomic mass is 10.0. The number of methoxy groups -OCH3 is 1. The van der Waals surface area contributed by atoms with E-state index < -0.39 is 0 Å². The smallest absolute Gasteiger partial charge is 0.176 e. The van der Waals surface area contributed by atoms with Gasteiger partial charge in [-0.25, -0.2) is 0 Å². The molecule has 84 valence electrons. The SMILES string of the molecule is COc1c(-c2n[nH]c(=S)s2)ccc(C)c1C. The van der Waals surface area contributed by atoms with Crippen LogP contribution in [0.1, 0.15) is 11.1 Å². The molecule has 0 amide bonds. The zero-order valence-electron chi connectivity index (χ0n) is 9.33. The van der Waals surface area contributed by atoms with Crippen LogP contribution in [0.3, 0.4) is 0 Å². The number of hydrogen-bond donors (Lipinski definition) is 1. The van der Waals surface area contributed by atoms with Crippen molar-refractivity contribution < 1.29 is 4.74 Å². The van der Waals surface area contributed by atoms with Crippen molar-refractivity contribution >= 4 is 23.6 Å². The monoisotopic (exact) mass is 252 g/mol. The Balaban J connectivity index is 2.65. The van der Waals surface area contributed by atoms with Gasteiger partial charge in [-0.15, -0.1) is 0 Å². The Labute approximate surface area is 103 Å². The van der Waals surface area contributed by atoms with Gasteiger partial charge in [-0.05, 0) is 43.3 Å². The zero-order valence-corrected chi connectivity index (χ0v) is 11.0. The maximum atomic E-state index is 5.44. The number of nitrogens with zero attached hydrogens (tertiary/aromatic N) is 1. The van der Waals surface area contributed by atoms with Gasteiger partial charge in [0.1, 0.15) is 10.8 Å². The van der Waals surface area contributed by atoms with Crippen molar-refractivity contribution in [3.05, 3.63) is 27.2 Å². The quantitative estimate of drug-likeness (QED) is 0.831. The molecule has 0 aliphatic heterocycles. The highest BCUT2D eigenvalue weighted by molar-refractivity contribution is 7.73. The number of benzene rings is 1. The Morgan fingerprint density at radius 2 is 2.12 bits per heavy atom. The molecule has 0 spiro atoms. The second-order valence-corrected chi connectivity index (χ2v) is 5.17. The minimum Gasteiger partial charge on any atom is -0.496 e. The number of nitrogens with one attached hydrogen (secondary N) is 1. The molecule has 2 aromatic rings. The first-order chi connectivity index (χ1) is 7.63. The molecule has 0 unspecified atom stereocenters. The molecule has 0 atom stereocenters. The van der Waals surface area contributed by atoms with Crippen LogP contribution in [0.4, 0.5) is 0 Å². The fraction of sp³-hybridized carbons (Fsp3) is 0.273.